The largest absolute Gasteiger partial charge is 0.309 e. The zero-order chi connectivity index (χ0) is 10.8. The molecule has 0 saturated heterocycles. The third-order valence-corrected chi connectivity index (χ3v) is 2.43. The molecule has 0 aliphatic carbocycles. The van der Waals surface area contributed by atoms with Crippen molar-refractivity contribution in [3.8, 4) is 0 Å². The molecule has 74 valence electrons. The molecule has 1 atom stereocenters. The van der Waals surface area contributed by atoms with E-state index in [4.69, 9.17) is 6.57 Å². The number of hydrogen-bond donors (Lipinski definition) is 0. The number of rotatable bonds is 1. The lowest BCUT2D eigenvalue weighted by molar-refractivity contribution is 0.589. The smallest absolute Gasteiger partial charge is 0.245 e. The molecule has 0 heterocycles. The molecular weight excluding hydrogens is 170 g/mol. The van der Waals surface area contributed by atoms with Crippen LogP contribution in [0.25, 0.3) is 4.85 Å². The summed E-state index contributed by atoms with van der Waals surface area (Å²) in [5.74, 6) is 0. The van der Waals surface area contributed by atoms with Crippen molar-refractivity contribution in [1.29, 1.82) is 0 Å². The van der Waals surface area contributed by atoms with Gasteiger partial charge in [-0.15, -0.1) is 0 Å². The molecule has 1 unspecified atom stereocenters. The van der Waals surface area contributed by atoms with Crippen LogP contribution in [0.1, 0.15) is 44.9 Å². The van der Waals surface area contributed by atoms with Crippen molar-refractivity contribution in [2.45, 2.75) is 39.2 Å². The average molecular weight is 187 g/mol. The summed E-state index contributed by atoms with van der Waals surface area (Å²) in [5.41, 5.74) is 2.58. The summed E-state index contributed by atoms with van der Waals surface area (Å²) in [6.07, 6.45) is 0. The Kier molecular flexibility index (Phi) is 2.96. The second-order valence-corrected chi connectivity index (χ2v) is 4.68. The minimum Gasteiger partial charge on any atom is -0.309 e. The van der Waals surface area contributed by atoms with Crippen LogP contribution in [0.4, 0.5) is 0 Å². The first-order valence-corrected chi connectivity index (χ1v) is 4.92. The standard InChI is InChI=1S/C13H17N/c1-10(14-5)11-7-6-8-12(9-11)13(2,3)4/h6-10H,1-4H3. The van der Waals surface area contributed by atoms with Crippen molar-refractivity contribution in [2.24, 2.45) is 0 Å². The van der Waals surface area contributed by atoms with Gasteiger partial charge in [-0.05, 0) is 17.0 Å². The molecular formula is C13H17N. The highest BCUT2D eigenvalue weighted by molar-refractivity contribution is 5.31. The number of benzene rings is 1. The van der Waals surface area contributed by atoms with Gasteiger partial charge in [0.05, 0.1) is 0 Å². The molecule has 1 nitrogen and oxygen atoms in total. The van der Waals surface area contributed by atoms with Crippen molar-refractivity contribution in [1.82, 2.24) is 0 Å². The topological polar surface area (TPSA) is 4.36 Å². The van der Waals surface area contributed by atoms with Gasteiger partial charge in [-0.3, -0.25) is 0 Å². The first-order valence-electron chi connectivity index (χ1n) is 4.92. The van der Waals surface area contributed by atoms with Gasteiger partial charge in [-0.2, -0.15) is 0 Å². The van der Waals surface area contributed by atoms with Crippen LogP contribution in [0.5, 0.6) is 0 Å². The van der Waals surface area contributed by atoms with Gasteiger partial charge in [0.25, 0.3) is 0 Å². The first-order chi connectivity index (χ1) is 6.45. The van der Waals surface area contributed by atoms with E-state index in [0.717, 1.165) is 5.56 Å². The molecule has 0 aliphatic rings. The first kappa shape index (κ1) is 10.8. The maximum Gasteiger partial charge on any atom is 0.245 e. The van der Waals surface area contributed by atoms with E-state index in [1.165, 1.54) is 5.56 Å². The molecule has 1 heteroatoms. The Bertz CT molecular complexity index is 352. The Morgan fingerprint density at radius 3 is 2.43 bits per heavy atom. The SMILES string of the molecule is [C-]#[N+]C(C)c1cccc(C(C)(C)C)c1. The van der Waals surface area contributed by atoms with E-state index in [0.29, 0.717) is 0 Å². The molecule has 0 radical (unpaired) electrons. The van der Waals surface area contributed by atoms with Gasteiger partial charge in [-0.25, -0.2) is 6.57 Å². The third kappa shape index (κ3) is 2.35. The quantitative estimate of drug-likeness (QED) is 0.586. The van der Waals surface area contributed by atoms with Crippen molar-refractivity contribution in [3.63, 3.8) is 0 Å². The molecule has 0 bridgehead atoms. The van der Waals surface area contributed by atoms with Crippen LogP contribution in [0, 0.1) is 6.57 Å². The summed E-state index contributed by atoms with van der Waals surface area (Å²) in [6, 6.07) is 8.30. The van der Waals surface area contributed by atoms with Crippen LogP contribution in [0.2, 0.25) is 0 Å². The Morgan fingerprint density at radius 2 is 1.93 bits per heavy atom. The van der Waals surface area contributed by atoms with Crippen molar-refractivity contribution in [3.05, 3.63) is 46.8 Å². The van der Waals surface area contributed by atoms with E-state index in [1.54, 1.807) is 0 Å². The van der Waals surface area contributed by atoms with Crippen LogP contribution in [-0.2, 0) is 5.41 Å². The van der Waals surface area contributed by atoms with E-state index in [2.05, 4.69) is 37.7 Å². The molecule has 1 rings (SSSR count). The second kappa shape index (κ2) is 3.84. The lowest BCUT2D eigenvalue weighted by Gasteiger charge is -2.19. The van der Waals surface area contributed by atoms with E-state index >= 15 is 0 Å². The van der Waals surface area contributed by atoms with Crippen LogP contribution in [0.3, 0.4) is 0 Å². The minimum absolute atomic E-state index is 0.0303. The van der Waals surface area contributed by atoms with Crippen molar-refractivity contribution in [2.75, 3.05) is 0 Å². The highest BCUT2D eigenvalue weighted by Gasteiger charge is 2.16. The van der Waals surface area contributed by atoms with E-state index in [1.807, 2.05) is 19.1 Å². The molecule has 0 saturated carbocycles. The highest BCUT2D eigenvalue weighted by Crippen LogP contribution is 2.25. The Labute approximate surface area is 86.6 Å². The van der Waals surface area contributed by atoms with Crippen LogP contribution in [-0.4, -0.2) is 0 Å². The molecule has 0 amide bonds. The molecule has 0 aliphatic heterocycles. The third-order valence-electron chi connectivity index (χ3n) is 2.43. The molecule has 14 heavy (non-hydrogen) atoms. The van der Waals surface area contributed by atoms with Crippen LogP contribution >= 0.6 is 0 Å². The molecule has 0 N–H and O–H groups in total. The van der Waals surface area contributed by atoms with Gasteiger partial charge < -0.3 is 4.85 Å². The Morgan fingerprint density at radius 1 is 1.29 bits per heavy atom. The summed E-state index contributed by atoms with van der Waals surface area (Å²) < 4.78 is 0. The van der Waals surface area contributed by atoms with E-state index in [9.17, 15) is 0 Å². The van der Waals surface area contributed by atoms with Crippen LogP contribution in [0.15, 0.2) is 24.3 Å². The molecule has 1 aromatic carbocycles. The Hall–Kier alpha value is -1.29. The predicted molar refractivity (Wildman–Crippen MR) is 60.2 cm³/mol. The maximum atomic E-state index is 7.00. The summed E-state index contributed by atoms with van der Waals surface area (Å²) >= 11 is 0. The van der Waals surface area contributed by atoms with Gasteiger partial charge in [0.1, 0.15) is 0 Å². The van der Waals surface area contributed by atoms with Gasteiger partial charge in [-0.1, -0.05) is 39.0 Å². The fourth-order valence-electron chi connectivity index (χ4n) is 1.34. The van der Waals surface area contributed by atoms with Gasteiger partial charge in [0, 0.05) is 12.5 Å². The van der Waals surface area contributed by atoms with Gasteiger partial charge >= 0.3 is 0 Å². The molecule has 0 aromatic heterocycles. The van der Waals surface area contributed by atoms with Crippen LogP contribution < -0.4 is 0 Å². The fourth-order valence-corrected chi connectivity index (χ4v) is 1.34. The summed E-state index contributed by atoms with van der Waals surface area (Å²) in [5, 5.41) is 0. The Balaban J connectivity index is 3.09. The predicted octanol–water partition coefficient (Wildman–Crippen LogP) is 3.96. The van der Waals surface area contributed by atoms with E-state index in [-0.39, 0.29) is 11.5 Å². The van der Waals surface area contributed by atoms with Gasteiger partial charge in [0.2, 0.25) is 6.04 Å². The average Bonchev–Trinajstić information content (AvgIpc) is 2.15. The minimum atomic E-state index is -0.0303. The number of hydrogen-bond acceptors (Lipinski definition) is 0. The lowest BCUT2D eigenvalue weighted by atomic mass is 9.85. The lowest BCUT2D eigenvalue weighted by Crippen LogP contribution is -2.11. The van der Waals surface area contributed by atoms with Gasteiger partial charge in [0.15, 0.2) is 0 Å². The van der Waals surface area contributed by atoms with E-state index < -0.39 is 0 Å². The maximum absolute atomic E-state index is 7.00. The fraction of sp³-hybridized carbons (Fsp3) is 0.462. The highest BCUT2D eigenvalue weighted by atomic mass is 14.7. The zero-order valence-electron chi connectivity index (χ0n) is 9.33. The second-order valence-electron chi connectivity index (χ2n) is 4.68. The van der Waals surface area contributed by atoms with Crippen molar-refractivity contribution >= 4 is 0 Å². The molecule has 0 fully saturated rings. The summed E-state index contributed by atoms with van der Waals surface area (Å²) in [7, 11) is 0. The number of nitrogens with zero attached hydrogens (tertiary/aromatic N) is 1. The summed E-state index contributed by atoms with van der Waals surface area (Å²) in [4.78, 5) is 3.53. The molecule has 0 spiro atoms. The van der Waals surface area contributed by atoms with Crippen molar-refractivity contribution < 1.29 is 0 Å². The zero-order valence-corrected chi connectivity index (χ0v) is 9.33. The summed E-state index contributed by atoms with van der Waals surface area (Å²) in [6.45, 7) is 15.5. The monoisotopic (exact) mass is 187 g/mol. The molecule has 1 aromatic rings. The normalized spacial score (nSPS) is 13.4.